The van der Waals surface area contributed by atoms with Crippen LogP contribution in [0.15, 0.2) is 0 Å². The second-order valence-electron chi connectivity index (χ2n) is 4.55. The number of nitrogens with two attached hydrogens (primary N) is 1. The molecule has 0 aromatic carbocycles. The molecule has 0 amide bonds. The minimum Gasteiger partial charge on any atom is -0.271 e. The van der Waals surface area contributed by atoms with E-state index >= 15 is 0 Å². The van der Waals surface area contributed by atoms with Crippen LogP contribution in [0.4, 0.5) is 0 Å². The highest BCUT2D eigenvalue weighted by Crippen LogP contribution is 2.35. The highest BCUT2D eigenvalue weighted by Gasteiger charge is 2.29. The Morgan fingerprint density at radius 2 is 2.07 bits per heavy atom. The lowest BCUT2D eigenvalue weighted by Crippen LogP contribution is -2.46. The van der Waals surface area contributed by atoms with Crippen LogP contribution in [0.1, 0.15) is 46.0 Å². The number of nitrogens with one attached hydrogen (secondary N) is 1. The first-order chi connectivity index (χ1) is 7.33. The van der Waals surface area contributed by atoms with Crippen LogP contribution in [0.2, 0.25) is 0 Å². The lowest BCUT2D eigenvalue weighted by molar-refractivity contribution is 0.186. The Kier molecular flexibility index (Phi) is 6.69. The van der Waals surface area contributed by atoms with E-state index < -0.39 is 0 Å². The number of rotatable bonds is 6. The Bertz CT molecular complexity index is 164. The molecule has 3 heteroatoms. The largest absolute Gasteiger partial charge is 0.271 e. The molecule has 0 saturated heterocycles. The third-order valence-corrected chi connectivity index (χ3v) is 4.73. The summed E-state index contributed by atoms with van der Waals surface area (Å²) in [7, 11) is 0. The van der Waals surface area contributed by atoms with Gasteiger partial charge in [0.15, 0.2) is 0 Å². The van der Waals surface area contributed by atoms with E-state index in [0.29, 0.717) is 6.04 Å². The Balaban J connectivity index is 2.47. The van der Waals surface area contributed by atoms with Crippen molar-refractivity contribution in [3.8, 4) is 0 Å². The number of hydrogen-bond donors (Lipinski definition) is 2. The van der Waals surface area contributed by atoms with Gasteiger partial charge in [-0.05, 0) is 24.0 Å². The molecule has 0 bridgehead atoms. The van der Waals surface area contributed by atoms with Crippen LogP contribution in [-0.2, 0) is 0 Å². The van der Waals surface area contributed by atoms with E-state index in [0.717, 1.165) is 11.8 Å². The molecular weight excluding hydrogens is 204 g/mol. The van der Waals surface area contributed by atoms with Gasteiger partial charge in [0.05, 0.1) is 0 Å². The van der Waals surface area contributed by atoms with Gasteiger partial charge >= 0.3 is 0 Å². The quantitative estimate of drug-likeness (QED) is 0.544. The van der Waals surface area contributed by atoms with Crippen LogP contribution in [0.3, 0.4) is 0 Å². The summed E-state index contributed by atoms with van der Waals surface area (Å²) in [5.41, 5.74) is 3.05. The summed E-state index contributed by atoms with van der Waals surface area (Å²) in [5, 5.41) is 0. The van der Waals surface area contributed by atoms with Crippen molar-refractivity contribution in [1.82, 2.24) is 5.43 Å². The molecule has 0 spiro atoms. The fourth-order valence-electron chi connectivity index (χ4n) is 2.81. The molecule has 1 fully saturated rings. The summed E-state index contributed by atoms with van der Waals surface area (Å²) >= 11 is 2.00. The maximum atomic E-state index is 5.70. The summed E-state index contributed by atoms with van der Waals surface area (Å²) in [6, 6.07) is 0.528. The van der Waals surface area contributed by atoms with E-state index in [9.17, 15) is 0 Å². The molecule has 0 aromatic heterocycles. The molecular formula is C12H26N2S. The van der Waals surface area contributed by atoms with Gasteiger partial charge < -0.3 is 0 Å². The van der Waals surface area contributed by atoms with E-state index in [1.165, 1.54) is 43.6 Å². The smallest absolute Gasteiger partial charge is 0.0331 e. The molecule has 15 heavy (non-hydrogen) atoms. The van der Waals surface area contributed by atoms with Gasteiger partial charge in [-0.2, -0.15) is 11.8 Å². The molecule has 2 nitrogen and oxygen atoms in total. The molecule has 90 valence electrons. The number of hydrazine groups is 1. The highest BCUT2D eigenvalue weighted by molar-refractivity contribution is 7.99. The van der Waals surface area contributed by atoms with E-state index in [1.54, 1.807) is 0 Å². The number of hydrogen-bond acceptors (Lipinski definition) is 3. The van der Waals surface area contributed by atoms with Gasteiger partial charge in [0.1, 0.15) is 0 Å². The topological polar surface area (TPSA) is 38.0 Å². The zero-order valence-corrected chi connectivity index (χ0v) is 11.0. The fourth-order valence-corrected chi connectivity index (χ4v) is 3.65. The van der Waals surface area contributed by atoms with Gasteiger partial charge in [-0.15, -0.1) is 0 Å². The monoisotopic (exact) mass is 230 g/mol. The van der Waals surface area contributed by atoms with Crippen molar-refractivity contribution in [2.24, 2.45) is 17.7 Å². The molecule has 0 aromatic rings. The zero-order valence-electron chi connectivity index (χ0n) is 10.2. The molecule has 1 rings (SSSR count). The normalized spacial score (nSPS) is 29.0. The second-order valence-corrected chi connectivity index (χ2v) is 5.87. The SMILES string of the molecule is CCSCC(NN)C1CCCCC1CC. The zero-order chi connectivity index (χ0) is 11.1. The van der Waals surface area contributed by atoms with Gasteiger partial charge in [0, 0.05) is 11.8 Å². The second kappa shape index (κ2) is 7.53. The maximum Gasteiger partial charge on any atom is 0.0331 e. The van der Waals surface area contributed by atoms with Crippen LogP contribution in [0, 0.1) is 11.8 Å². The minimum absolute atomic E-state index is 0.528. The Labute approximate surface area is 98.7 Å². The molecule has 0 aliphatic heterocycles. The van der Waals surface area contributed by atoms with Crippen molar-refractivity contribution in [1.29, 1.82) is 0 Å². The average Bonchev–Trinajstić information content (AvgIpc) is 2.30. The minimum atomic E-state index is 0.528. The van der Waals surface area contributed by atoms with Crippen LogP contribution in [0.5, 0.6) is 0 Å². The third-order valence-electron chi connectivity index (χ3n) is 3.72. The Morgan fingerprint density at radius 3 is 2.67 bits per heavy atom. The predicted molar refractivity (Wildman–Crippen MR) is 69.8 cm³/mol. The van der Waals surface area contributed by atoms with Crippen LogP contribution in [-0.4, -0.2) is 17.5 Å². The van der Waals surface area contributed by atoms with Crippen molar-refractivity contribution < 1.29 is 0 Å². The Morgan fingerprint density at radius 1 is 1.33 bits per heavy atom. The summed E-state index contributed by atoms with van der Waals surface area (Å²) in [6.07, 6.45) is 6.93. The van der Waals surface area contributed by atoms with E-state index in [4.69, 9.17) is 5.84 Å². The lowest BCUT2D eigenvalue weighted by atomic mass is 9.74. The molecule has 3 unspecified atom stereocenters. The molecule has 3 atom stereocenters. The first-order valence-electron chi connectivity index (χ1n) is 6.37. The first-order valence-corrected chi connectivity index (χ1v) is 7.52. The van der Waals surface area contributed by atoms with Gasteiger partial charge in [-0.1, -0.05) is 39.5 Å². The van der Waals surface area contributed by atoms with Crippen molar-refractivity contribution in [2.75, 3.05) is 11.5 Å². The van der Waals surface area contributed by atoms with Crippen molar-refractivity contribution in [2.45, 2.75) is 52.0 Å². The number of thioether (sulfide) groups is 1. The van der Waals surface area contributed by atoms with Gasteiger partial charge in [0.25, 0.3) is 0 Å². The highest BCUT2D eigenvalue weighted by atomic mass is 32.2. The van der Waals surface area contributed by atoms with Gasteiger partial charge in [0.2, 0.25) is 0 Å². The van der Waals surface area contributed by atoms with E-state index in [2.05, 4.69) is 19.3 Å². The molecule has 0 radical (unpaired) electrons. The molecule has 3 N–H and O–H groups in total. The maximum absolute atomic E-state index is 5.70. The fraction of sp³-hybridized carbons (Fsp3) is 1.00. The van der Waals surface area contributed by atoms with Gasteiger partial charge in [-0.25, -0.2) is 0 Å². The predicted octanol–water partition coefficient (Wildman–Crippen LogP) is 2.79. The summed E-state index contributed by atoms with van der Waals surface area (Å²) < 4.78 is 0. The van der Waals surface area contributed by atoms with E-state index in [-0.39, 0.29) is 0 Å². The molecule has 1 saturated carbocycles. The van der Waals surface area contributed by atoms with Crippen LogP contribution >= 0.6 is 11.8 Å². The summed E-state index contributed by atoms with van der Waals surface area (Å²) in [5.74, 6) is 9.78. The van der Waals surface area contributed by atoms with Crippen molar-refractivity contribution >= 4 is 11.8 Å². The standard InChI is InChI=1S/C12H26N2S/c1-3-10-7-5-6-8-11(10)12(14-13)9-15-4-2/h10-12,14H,3-9,13H2,1-2H3. The Hall–Kier alpha value is 0.270. The summed E-state index contributed by atoms with van der Waals surface area (Å²) in [4.78, 5) is 0. The molecule has 0 heterocycles. The summed E-state index contributed by atoms with van der Waals surface area (Å²) in [6.45, 7) is 4.54. The van der Waals surface area contributed by atoms with Crippen molar-refractivity contribution in [3.63, 3.8) is 0 Å². The van der Waals surface area contributed by atoms with Crippen LogP contribution in [0.25, 0.3) is 0 Å². The van der Waals surface area contributed by atoms with Gasteiger partial charge in [-0.3, -0.25) is 11.3 Å². The lowest BCUT2D eigenvalue weighted by Gasteiger charge is -2.36. The van der Waals surface area contributed by atoms with Crippen LogP contribution < -0.4 is 11.3 Å². The van der Waals surface area contributed by atoms with Crippen molar-refractivity contribution in [3.05, 3.63) is 0 Å². The van der Waals surface area contributed by atoms with E-state index in [1.807, 2.05) is 11.8 Å². The molecule has 1 aliphatic rings. The average molecular weight is 230 g/mol. The molecule has 1 aliphatic carbocycles. The first kappa shape index (κ1) is 13.3. The third kappa shape index (κ3) is 3.97.